The number of hydrogen-bond donors (Lipinski definition) is 0. The average molecular weight is 338 g/mol. The summed E-state index contributed by atoms with van der Waals surface area (Å²) in [7, 11) is 0. The lowest BCUT2D eigenvalue weighted by molar-refractivity contribution is 0.406. The summed E-state index contributed by atoms with van der Waals surface area (Å²) in [6.07, 6.45) is 0. The van der Waals surface area contributed by atoms with E-state index in [0.29, 0.717) is 10.0 Å². The zero-order chi connectivity index (χ0) is 13.9. The van der Waals surface area contributed by atoms with Gasteiger partial charge in [-0.3, -0.25) is 0 Å². The first kappa shape index (κ1) is 14.5. The summed E-state index contributed by atoms with van der Waals surface area (Å²) >= 11 is 17.3. The van der Waals surface area contributed by atoms with E-state index in [9.17, 15) is 4.57 Å². The van der Waals surface area contributed by atoms with Crippen LogP contribution in [0.5, 0.6) is 11.5 Å². The normalized spacial score (nSPS) is 11.1. The van der Waals surface area contributed by atoms with Crippen LogP contribution in [0, 0.1) is 0 Å². The summed E-state index contributed by atoms with van der Waals surface area (Å²) in [5, 5.41) is 0.883. The van der Waals surface area contributed by atoms with Crippen molar-refractivity contribution in [1.29, 1.82) is 0 Å². The summed E-state index contributed by atoms with van der Waals surface area (Å²) < 4.78 is 22.2. The molecule has 0 spiro atoms. The molecule has 0 aliphatic heterocycles. The lowest BCUT2D eigenvalue weighted by atomic mass is 10.3. The van der Waals surface area contributed by atoms with Gasteiger partial charge in [-0.1, -0.05) is 35.3 Å². The second-order valence-electron chi connectivity index (χ2n) is 3.53. The third kappa shape index (κ3) is 4.63. The van der Waals surface area contributed by atoms with Gasteiger partial charge in [0.2, 0.25) is 0 Å². The van der Waals surface area contributed by atoms with Gasteiger partial charge in [-0.25, -0.2) is 4.57 Å². The largest absolute Gasteiger partial charge is 0.530 e. The fourth-order valence-electron chi connectivity index (χ4n) is 1.32. The zero-order valence-corrected chi connectivity index (χ0v) is 12.6. The van der Waals surface area contributed by atoms with Crippen molar-refractivity contribution in [1.82, 2.24) is 0 Å². The van der Waals surface area contributed by atoms with Crippen molar-refractivity contribution < 1.29 is 13.6 Å². The Morgan fingerprint density at radius 2 is 1.26 bits per heavy atom. The minimum Gasteiger partial charge on any atom is -0.405 e. The first-order valence-corrected chi connectivity index (χ1v) is 8.35. The Balaban J connectivity index is 2.12. The molecular weight excluding hydrogens is 329 g/mol. The predicted octanol–water partition coefficient (Wildman–Crippen LogP) is 5.80. The van der Waals surface area contributed by atoms with Crippen LogP contribution in [0.15, 0.2) is 48.5 Å². The van der Waals surface area contributed by atoms with Crippen LogP contribution < -0.4 is 9.05 Å². The molecule has 0 unspecified atom stereocenters. The second kappa shape index (κ2) is 6.06. The fraction of sp³-hybridized carbons (Fsp3) is 0. The SMILES string of the molecule is O=P(Cl)(Oc1cccc(Cl)c1)Oc1cccc(Cl)c1. The molecule has 0 amide bonds. The Labute approximate surface area is 125 Å². The molecule has 0 heterocycles. The maximum atomic E-state index is 12.0. The summed E-state index contributed by atoms with van der Waals surface area (Å²) in [5.74, 6) is 0.515. The zero-order valence-electron chi connectivity index (χ0n) is 9.42. The highest BCUT2D eigenvalue weighted by Crippen LogP contribution is 2.53. The molecule has 0 bridgehead atoms. The van der Waals surface area contributed by atoms with E-state index < -0.39 is 6.95 Å². The number of rotatable bonds is 4. The molecule has 0 saturated carbocycles. The van der Waals surface area contributed by atoms with Crippen molar-refractivity contribution in [2.75, 3.05) is 0 Å². The molecule has 0 aromatic heterocycles. The van der Waals surface area contributed by atoms with E-state index >= 15 is 0 Å². The maximum absolute atomic E-state index is 12.0. The Morgan fingerprint density at radius 1 is 0.842 bits per heavy atom. The van der Waals surface area contributed by atoms with Gasteiger partial charge >= 0.3 is 6.95 Å². The average Bonchev–Trinajstić information content (AvgIpc) is 2.27. The van der Waals surface area contributed by atoms with Gasteiger partial charge in [-0.2, -0.15) is 0 Å². The monoisotopic (exact) mass is 336 g/mol. The Hall–Kier alpha value is -0.860. The van der Waals surface area contributed by atoms with Crippen molar-refractivity contribution in [3.05, 3.63) is 58.6 Å². The van der Waals surface area contributed by atoms with Crippen LogP contribution in [0.2, 0.25) is 10.0 Å². The highest BCUT2D eigenvalue weighted by atomic mass is 35.7. The summed E-state index contributed by atoms with van der Waals surface area (Å²) in [6.45, 7) is -3.82. The van der Waals surface area contributed by atoms with Crippen molar-refractivity contribution in [3.63, 3.8) is 0 Å². The molecular formula is C12H8Cl3O3P. The highest BCUT2D eigenvalue weighted by Gasteiger charge is 2.25. The minimum atomic E-state index is -3.82. The quantitative estimate of drug-likeness (QED) is 0.662. The molecule has 0 radical (unpaired) electrons. The van der Waals surface area contributed by atoms with Crippen molar-refractivity contribution in [2.45, 2.75) is 0 Å². The van der Waals surface area contributed by atoms with E-state index in [4.69, 9.17) is 43.5 Å². The van der Waals surface area contributed by atoms with Crippen LogP contribution in [-0.4, -0.2) is 0 Å². The van der Waals surface area contributed by atoms with Gasteiger partial charge in [0.15, 0.2) is 0 Å². The van der Waals surface area contributed by atoms with Crippen molar-refractivity contribution in [3.8, 4) is 11.5 Å². The van der Waals surface area contributed by atoms with Crippen LogP contribution in [0.3, 0.4) is 0 Å². The third-order valence-corrected chi connectivity index (χ3v) is 3.76. The molecule has 7 heteroatoms. The van der Waals surface area contributed by atoms with Crippen LogP contribution in [-0.2, 0) is 4.57 Å². The smallest absolute Gasteiger partial charge is 0.405 e. The molecule has 0 N–H and O–H groups in total. The van der Waals surface area contributed by atoms with E-state index in [2.05, 4.69) is 0 Å². The molecule has 2 aromatic rings. The minimum absolute atomic E-state index is 0.257. The fourth-order valence-corrected chi connectivity index (χ4v) is 2.92. The highest BCUT2D eigenvalue weighted by molar-refractivity contribution is 7.82. The van der Waals surface area contributed by atoms with E-state index in [1.165, 1.54) is 12.1 Å². The summed E-state index contributed by atoms with van der Waals surface area (Å²) in [6, 6.07) is 12.7. The Kier molecular flexibility index (Phi) is 4.64. The van der Waals surface area contributed by atoms with E-state index in [0.717, 1.165) is 0 Å². The Bertz CT molecular complexity index is 582. The lowest BCUT2D eigenvalue weighted by Crippen LogP contribution is -1.95. The summed E-state index contributed by atoms with van der Waals surface area (Å²) in [5.41, 5.74) is 0. The number of benzene rings is 2. The number of hydrogen-bond acceptors (Lipinski definition) is 3. The van der Waals surface area contributed by atoms with Gasteiger partial charge in [-0.05, 0) is 36.4 Å². The maximum Gasteiger partial charge on any atom is 0.530 e. The Morgan fingerprint density at radius 3 is 1.63 bits per heavy atom. The first-order valence-electron chi connectivity index (χ1n) is 5.15. The molecule has 3 nitrogen and oxygen atoms in total. The molecule has 0 saturated heterocycles. The van der Waals surface area contributed by atoms with Crippen LogP contribution in [0.1, 0.15) is 0 Å². The van der Waals surface area contributed by atoms with E-state index in [1.807, 2.05) is 0 Å². The number of halogens is 3. The van der Waals surface area contributed by atoms with Crippen LogP contribution in [0.25, 0.3) is 0 Å². The van der Waals surface area contributed by atoms with Crippen molar-refractivity contribution in [2.24, 2.45) is 0 Å². The van der Waals surface area contributed by atoms with Gasteiger partial charge in [0.25, 0.3) is 0 Å². The van der Waals surface area contributed by atoms with Crippen LogP contribution >= 0.6 is 41.4 Å². The molecule has 0 fully saturated rings. The van der Waals surface area contributed by atoms with Gasteiger partial charge in [-0.15, -0.1) is 0 Å². The summed E-state index contributed by atoms with van der Waals surface area (Å²) in [4.78, 5) is 0. The van der Waals surface area contributed by atoms with Gasteiger partial charge in [0.05, 0.1) is 0 Å². The third-order valence-electron chi connectivity index (χ3n) is 2.02. The molecule has 0 aliphatic carbocycles. The van der Waals surface area contributed by atoms with Crippen molar-refractivity contribution >= 4 is 41.4 Å². The van der Waals surface area contributed by atoms with Gasteiger partial charge < -0.3 is 9.05 Å². The molecule has 100 valence electrons. The molecule has 19 heavy (non-hydrogen) atoms. The standard InChI is InChI=1S/C12H8Cl3O3P/c13-9-3-1-5-11(7-9)17-19(15,16)18-12-6-2-4-10(14)8-12/h1-8H. The molecule has 2 aromatic carbocycles. The topological polar surface area (TPSA) is 35.5 Å². The van der Waals surface area contributed by atoms with Gasteiger partial charge in [0.1, 0.15) is 11.5 Å². The molecule has 2 rings (SSSR count). The van der Waals surface area contributed by atoms with Gasteiger partial charge in [0, 0.05) is 21.3 Å². The van der Waals surface area contributed by atoms with E-state index in [-0.39, 0.29) is 11.5 Å². The lowest BCUT2D eigenvalue weighted by Gasteiger charge is -2.13. The van der Waals surface area contributed by atoms with Crippen LogP contribution in [0.4, 0.5) is 0 Å². The second-order valence-corrected chi connectivity index (χ2v) is 6.87. The molecule has 0 aliphatic rings. The molecule has 0 atom stereocenters. The first-order chi connectivity index (χ1) is 8.94. The van der Waals surface area contributed by atoms with E-state index in [1.54, 1.807) is 36.4 Å². The predicted molar refractivity (Wildman–Crippen MR) is 77.6 cm³/mol.